The molecule has 0 aliphatic carbocycles. The van der Waals surface area contributed by atoms with Crippen LogP contribution < -0.4 is 0 Å². The molecule has 3 aromatic carbocycles. The van der Waals surface area contributed by atoms with Crippen molar-refractivity contribution in [1.29, 1.82) is 0 Å². The third kappa shape index (κ3) is 3.39. The van der Waals surface area contributed by atoms with Gasteiger partial charge in [-0.05, 0) is 23.6 Å². The summed E-state index contributed by atoms with van der Waals surface area (Å²) in [4.78, 5) is 41.7. The maximum Gasteiger partial charge on any atom is 0.411 e. The van der Waals surface area contributed by atoms with Crippen molar-refractivity contribution in [3.8, 4) is 0 Å². The maximum absolute atomic E-state index is 13.4. The zero-order valence-corrected chi connectivity index (χ0v) is 18.2. The number of carbonyl (C=O) groups excluding carboxylic acids is 3. The summed E-state index contributed by atoms with van der Waals surface area (Å²) < 4.78 is 5.81. The molecule has 4 unspecified atom stereocenters. The fourth-order valence-corrected chi connectivity index (χ4v) is 4.79. The minimum atomic E-state index is -1.10. The lowest BCUT2D eigenvalue weighted by Gasteiger charge is -2.50. The number of amides is 2. The van der Waals surface area contributed by atoms with Crippen LogP contribution >= 0.6 is 0 Å². The second kappa shape index (κ2) is 8.20. The van der Waals surface area contributed by atoms with E-state index in [1.54, 1.807) is 11.8 Å². The van der Waals surface area contributed by atoms with E-state index in [0.717, 1.165) is 23.0 Å². The monoisotopic (exact) mass is 440 g/mol. The molecule has 2 aliphatic rings. The molecule has 0 radical (unpaired) electrons. The van der Waals surface area contributed by atoms with Gasteiger partial charge in [0.15, 0.2) is 6.10 Å². The van der Waals surface area contributed by atoms with Gasteiger partial charge in [-0.15, -0.1) is 0 Å². The van der Waals surface area contributed by atoms with E-state index >= 15 is 0 Å². The molecule has 5 rings (SSSR count). The molecule has 3 aromatic rings. The predicted molar refractivity (Wildman–Crippen MR) is 122 cm³/mol. The standard InChI is InChI=1S/C27H24N2O4/c1-27(18-30,21-15-9-4-10-16-21)28-17-22(25(28)31)29-23(19-11-5-2-6-12-19)24(33-26(29)32)20-13-7-3-8-14-20/h2-16,18,22-24H,17H2,1H3. The Labute approximate surface area is 192 Å². The van der Waals surface area contributed by atoms with Gasteiger partial charge in [0.05, 0.1) is 6.54 Å². The third-order valence-electron chi connectivity index (χ3n) is 6.69. The van der Waals surface area contributed by atoms with Gasteiger partial charge in [0.2, 0.25) is 5.91 Å². The number of ether oxygens (including phenoxy) is 1. The van der Waals surface area contributed by atoms with E-state index < -0.39 is 29.8 Å². The Morgan fingerprint density at radius 2 is 1.39 bits per heavy atom. The quantitative estimate of drug-likeness (QED) is 0.425. The van der Waals surface area contributed by atoms with Crippen LogP contribution in [0.4, 0.5) is 4.79 Å². The van der Waals surface area contributed by atoms with Gasteiger partial charge in [-0.3, -0.25) is 9.69 Å². The average Bonchev–Trinajstić information content (AvgIpc) is 3.21. The molecule has 0 bridgehead atoms. The van der Waals surface area contributed by atoms with E-state index in [2.05, 4.69) is 0 Å². The van der Waals surface area contributed by atoms with Gasteiger partial charge in [0, 0.05) is 0 Å². The lowest BCUT2D eigenvalue weighted by atomic mass is 9.86. The highest BCUT2D eigenvalue weighted by atomic mass is 16.6. The van der Waals surface area contributed by atoms with Crippen LogP contribution in [-0.2, 0) is 19.9 Å². The molecular weight excluding hydrogens is 416 g/mol. The summed E-state index contributed by atoms with van der Waals surface area (Å²) in [6, 6.07) is 27.2. The first-order chi connectivity index (χ1) is 16.0. The number of hydrogen-bond donors (Lipinski definition) is 0. The van der Waals surface area contributed by atoms with Crippen LogP contribution in [0.25, 0.3) is 0 Å². The SMILES string of the molecule is CC(C=O)(c1ccccc1)N1CC(N2C(=O)OC(c3ccccc3)C2c2ccccc2)C1=O. The summed E-state index contributed by atoms with van der Waals surface area (Å²) in [5.41, 5.74) is 1.40. The number of rotatable bonds is 6. The molecule has 166 valence electrons. The summed E-state index contributed by atoms with van der Waals surface area (Å²) in [7, 11) is 0. The molecule has 4 atom stereocenters. The smallest absolute Gasteiger partial charge is 0.411 e. The average molecular weight is 440 g/mol. The summed E-state index contributed by atoms with van der Waals surface area (Å²) in [6.45, 7) is 1.98. The van der Waals surface area contributed by atoms with Crippen molar-refractivity contribution >= 4 is 18.3 Å². The first-order valence-corrected chi connectivity index (χ1v) is 11.0. The number of nitrogens with zero attached hydrogens (tertiary/aromatic N) is 2. The zero-order valence-electron chi connectivity index (χ0n) is 18.2. The predicted octanol–water partition coefficient (Wildman–Crippen LogP) is 4.25. The van der Waals surface area contributed by atoms with Gasteiger partial charge in [0.1, 0.15) is 23.9 Å². The number of benzene rings is 3. The van der Waals surface area contributed by atoms with E-state index in [-0.39, 0.29) is 12.5 Å². The zero-order chi connectivity index (χ0) is 23.0. The molecule has 33 heavy (non-hydrogen) atoms. The molecule has 6 nitrogen and oxygen atoms in total. The van der Waals surface area contributed by atoms with E-state index in [9.17, 15) is 14.4 Å². The van der Waals surface area contributed by atoms with E-state index in [4.69, 9.17) is 4.74 Å². The Morgan fingerprint density at radius 1 is 0.848 bits per heavy atom. The van der Waals surface area contributed by atoms with Gasteiger partial charge in [-0.25, -0.2) is 4.79 Å². The first kappa shape index (κ1) is 20.9. The molecule has 0 saturated carbocycles. The summed E-state index contributed by atoms with van der Waals surface area (Å²) >= 11 is 0. The second-order valence-electron chi connectivity index (χ2n) is 8.57. The summed E-state index contributed by atoms with van der Waals surface area (Å²) in [6.07, 6.45) is -0.266. The van der Waals surface area contributed by atoms with Crippen LogP contribution in [0, 0.1) is 0 Å². The van der Waals surface area contributed by atoms with E-state index in [1.807, 2.05) is 91.0 Å². The van der Waals surface area contributed by atoms with Gasteiger partial charge in [-0.1, -0.05) is 91.0 Å². The van der Waals surface area contributed by atoms with Crippen molar-refractivity contribution in [2.45, 2.75) is 30.7 Å². The number of aldehydes is 1. The van der Waals surface area contributed by atoms with Crippen molar-refractivity contribution in [2.75, 3.05) is 6.54 Å². The van der Waals surface area contributed by atoms with Crippen LogP contribution in [-0.4, -0.2) is 40.7 Å². The van der Waals surface area contributed by atoms with Gasteiger partial charge in [-0.2, -0.15) is 0 Å². The molecule has 0 spiro atoms. The van der Waals surface area contributed by atoms with Crippen molar-refractivity contribution in [3.05, 3.63) is 108 Å². The lowest BCUT2D eigenvalue weighted by molar-refractivity contribution is -0.161. The molecule has 2 fully saturated rings. The molecule has 0 aromatic heterocycles. The molecule has 2 aliphatic heterocycles. The minimum Gasteiger partial charge on any atom is -0.439 e. The Morgan fingerprint density at radius 3 is 1.94 bits per heavy atom. The van der Waals surface area contributed by atoms with Crippen LogP contribution in [0.15, 0.2) is 91.0 Å². The Bertz CT molecular complexity index is 1170. The summed E-state index contributed by atoms with van der Waals surface area (Å²) in [5, 5.41) is 0. The Kier molecular flexibility index (Phi) is 5.21. The normalized spacial score (nSPS) is 24.1. The first-order valence-electron chi connectivity index (χ1n) is 11.0. The van der Waals surface area contributed by atoms with Crippen molar-refractivity contribution in [3.63, 3.8) is 0 Å². The summed E-state index contributed by atoms with van der Waals surface area (Å²) in [5.74, 6) is -0.264. The van der Waals surface area contributed by atoms with Gasteiger partial charge < -0.3 is 14.4 Å². The molecular formula is C27H24N2O4. The number of cyclic esters (lactones) is 1. The highest BCUT2D eigenvalue weighted by Gasteiger charge is 2.57. The fourth-order valence-electron chi connectivity index (χ4n) is 4.79. The number of likely N-dealkylation sites (tertiary alicyclic amines) is 1. The molecule has 0 N–H and O–H groups in total. The highest BCUT2D eigenvalue weighted by Crippen LogP contribution is 2.46. The largest absolute Gasteiger partial charge is 0.439 e. The lowest BCUT2D eigenvalue weighted by Crippen LogP contribution is -2.69. The van der Waals surface area contributed by atoms with Crippen molar-refractivity contribution in [2.24, 2.45) is 0 Å². The molecule has 2 heterocycles. The van der Waals surface area contributed by atoms with E-state index in [1.165, 1.54) is 4.90 Å². The molecule has 6 heteroatoms. The Balaban J connectivity index is 1.48. The minimum absolute atomic E-state index is 0.253. The Hall–Kier alpha value is -3.93. The van der Waals surface area contributed by atoms with Crippen LogP contribution in [0.3, 0.4) is 0 Å². The molecule has 2 amide bonds. The highest BCUT2D eigenvalue weighted by molar-refractivity contribution is 5.95. The van der Waals surface area contributed by atoms with Gasteiger partial charge >= 0.3 is 6.09 Å². The van der Waals surface area contributed by atoms with Crippen molar-refractivity contribution < 1.29 is 19.1 Å². The number of β-lactam (4-membered cyclic amide) rings is 1. The fraction of sp³-hybridized carbons (Fsp3) is 0.222. The van der Waals surface area contributed by atoms with E-state index in [0.29, 0.717) is 0 Å². The number of carbonyl (C=O) groups is 3. The third-order valence-corrected chi connectivity index (χ3v) is 6.69. The maximum atomic E-state index is 13.4. The number of hydrogen-bond acceptors (Lipinski definition) is 4. The van der Waals surface area contributed by atoms with Gasteiger partial charge in [0.25, 0.3) is 0 Å². The molecule has 2 saturated heterocycles. The second-order valence-corrected chi connectivity index (χ2v) is 8.57. The van der Waals surface area contributed by atoms with Crippen LogP contribution in [0.2, 0.25) is 0 Å². The van der Waals surface area contributed by atoms with Crippen LogP contribution in [0.5, 0.6) is 0 Å². The van der Waals surface area contributed by atoms with Crippen LogP contribution in [0.1, 0.15) is 35.8 Å². The topological polar surface area (TPSA) is 66.9 Å². The van der Waals surface area contributed by atoms with Crippen molar-refractivity contribution in [1.82, 2.24) is 9.80 Å².